The molecule has 0 spiro atoms. The van der Waals surface area contributed by atoms with Gasteiger partial charge in [0.25, 0.3) is 0 Å². The largest absolute Gasteiger partial charge is 0.462 e. The molecule has 6 heteroatoms. The minimum Gasteiger partial charge on any atom is -0.462 e. The fourth-order valence-corrected chi connectivity index (χ4v) is 2.18. The number of Topliss-reactive ketones (excluding diaryl/α,β-unsaturated/α-hetero) is 1. The van der Waals surface area contributed by atoms with E-state index in [9.17, 15) is 18.4 Å². The molecule has 1 aromatic rings. The van der Waals surface area contributed by atoms with Gasteiger partial charge in [0.15, 0.2) is 11.6 Å². The first-order valence-corrected chi connectivity index (χ1v) is 8.36. The Balaban J connectivity index is 3.09. The second-order valence-electron chi connectivity index (χ2n) is 5.32. The first-order chi connectivity index (χ1) is 11.4. The van der Waals surface area contributed by atoms with E-state index < -0.39 is 23.4 Å². The lowest BCUT2D eigenvalue weighted by atomic mass is 10.0. The standard InChI is InChI=1S/C18H21ClF2O3/c1-3-5-7-8-12(18(23)24-9-6-4-2)17(22)13-10-15(20)16(21)11-14(13)19/h8,10-11H,3-7,9H2,1-2H3. The molecule has 24 heavy (non-hydrogen) atoms. The van der Waals surface area contributed by atoms with Gasteiger partial charge in [-0.3, -0.25) is 4.79 Å². The molecule has 0 aromatic heterocycles. The Morgan fingerprint density at radius 3 is 2.38 bits per heavy atom. The van der Waals surface area contributed by atoms with Crippen molar-refractivity contribution in [3.8, 4) is 0 Å². The van der Waals surface area contributed by atoms with E-state index in [1.54, 1.807) is 0 Å². The summed E-state index contributed by atoms with van der Waals surface area (Å²) in [6.45, 7) is 4.11. The second-order valence-corrected chi connectivity index (χ2v) is 5.73. The number of esters is 1. The van der Waals surface area contributed by atoms with Crippen LogP contribution in [0.5, 0.6) is 0 Å². The number of rotatable bonds is 9. The number of unbranched alkanes of at least 4 members (excludes halogenated alkanes) is 3. The highest BCUT2D eigenvalue weighted by Crippen LogP contribution is 2.23. The normalized spacial score (nSPS) is 11.5. The smallest absolute Gasteiger partial charge is 0.341 e. The topological polar surface area (TPSA) is 43.4 Å². The zero-order valence-electron chi connectivity index (χ0n) is 13.8. The zero-order valence-corrected chi connectivity index (χ0v) is 14.6. The molecule has 0 saturated carbocycles. The number of hydrogen-bond acceptors (Lipinski definition) is 3. The van der Waals surface area contributed by atoms with Gasteiger partial charge in [-0.25, -0.2) is 13.6 Å². The van der Waals surface area contributed by atoms with Crippen molar-refractivity contribution in [1.82, 2.24) is 0 Å². The van der Waals surface area contributed by atoms with Gasteiger partial charge < -0.3 is 4.74 Å². The maximum absolute atomic E-state index is 13.4. The van der Waals surface area contributed by atoms with Crippen molar-refractivity contribution in [2.45, 2.75) is 46.0 Å². The first-order valence-electron chi connectivity index (χ1n) is 7.98. The molecule has 1 rings (SSSR count). The van der Waals surface area contributed by atoms with E-state index in [4.69, 9.17) is 16.3 Å². The van der Waals surface area contributed by atoms with E-state index in [0.29, 0.717) is 18.9 Å². The third-order valence-electron chi connectivity index (χ3n) is 3.36. The van der Waals surface area contributed by atoms with Gasteiger partial charge in [-0.2, -0.15) is 0 Å². The Kier molecular flexibility index (Phi) is 8.61. The zero-order chi connectivity index (χ0) is 18.1. The Morgan fingerprint density at radius 1 is 1.12 bits per heavy atom. The fraction of sp³-hybridized carbons (Fsp3) is 0.444. The molecule has 0 heterocycles. The lowest BCUT2D eigenvalue weighted by Gasteiger charge is -2.09. The van der Waals surface area contributed by atoms with Crippen LogP contribution in [0.2, 0.25) is 5.02 Å². The molecule has 3 nitrogen and oxygen atoms in total. The molecular weight excluding hydrogens is 338 g/mol. The minimum atomic E-state index is -1.20. The predicted molar refractivity (Wildman–Crippen MR) is 89.2 cm³/mol. The molecule has 0 bridgehead atoms. The van der Waals surface area contributed by atoms with E-state index >= 15 is 0 Å². The van der Waals surface area contributed by atoms with E-state index in [1.807, 2.05) is 13.8 Å². The molecule has 0 amide bonds. The van der Waals surface area contributed by atoms with Crippen LogP contribution in [0.25, 0.3) is 0 Å². The molecule has 0 saturated heterocycles. The summed E-state index contributed by atoms with van der Waals surface area (Å²) < 4.78 is 31.6. The molecule has 132 valence electrons. The van der Waals surface area contributed by atoms with Crippen LogP contribution in [0.4, 0.5) is 8.78 Å². The highest BCUT2D eigenvalue weighted by Gasteiger charge is 2.24. The maximum Gasteiger partial charge on any atom is 0.341 e. The van der Waals surface area contributed by atoms with Crippen molar-refractivity contribution in [2.75, 3.05) is 6.61 Å². The summed E-state index contributed by atoms with van der Waals surface area (Å²) in [5.74, 6) is -3.89. The van der Waals surface area contributed by atoms with Crippen LogP contribution >= 0.6 is 11.6 Å². The Morgan fingerprint density at radius 2 is 1.75 bits per heavy atom. The molecule has 0 N–H and O–H groups in total. The summed E-state index contributed by atoms with van der Waals surface area (Å²) in [5, 5.41) is -0.248. The quantitative estimate of drug-likeness (QED) is 0.115. The van der Waals surface area contributed by atoms with E-state index in [1.165, 1.54) is 6.08 Å². The number of ether oxygens (including phenoxy) is 1. The summed E-state index contributed by atoms with van der Waals surface area (Å²) in [6.07, 6.45) is 5.15. The van der Waals surface area contributed by atoms with E-state index in [-0.39, 0.29) is 22.8 Å². The highest BCUT2D eigenvalue weighted by molar-refractivity contribution is 6.36. The van der Waals surface area contributed by atoms with Crippen LogP contribution in [0.1, 0.15) is 56.3 Å². The average Bonchev–Trinajstić information content (AvgIpc) is 2.54. The minimum absolute atomic E-state index is 0.194. The number of carbonyl (C=O) groups is 2. The third kappa shape index (κ3) is 5.71. The summed E-state index contributed by atoms with van der Waals surface area (Å²) >= 11 is 5.83. The first kappa shape index (κ1) is 20.3. The van der Waals surface area contributed by atoms with Crippen molar-refractivity contribution in [2.24, 2.45) is 0 Å². The van der Waals surface area contributed by atoms with Gasteiger partial charge in [0.05, 0.1) is 11.6 Å². The van der Waals surface area contributed by atoms with Crippen molar-refractivity contribution < 1.29 is 23.1 Å². The molecule has 0 aliphatic heterocycles. The summed E-state index contributed by atoms with van der Waals surface area (Å²) in [6, 6.07) is 1.42. The summed E-state index contributed by atoms with van der Waals surface area (Å²) in [5.41, 5.74) is -0.460. The van der Waals surface area contributed by atoms with Gasteiger partial charge in [-0.15, -0.1) is 0 Å². The second kappa shape index (κ2) is 10.2. The lowest BCUT2D eigenvalue weighted by molar-refractivity contribution is -0.138. The molecule has 0 fully saturated rings. The molecule has 0 atom stereocenters. The van der Waals surface area contributed by atoms with Crippen LogP contribution in [-0.4, -0.2) is 18.4 Å². The fourth-order valence-electron chi connectivity index (χ4n) is 1.95. The summed E-state index contributed by atoms with van der Waals surface area (Å²) in [4.78, 5) is 24.7. The number of hydrogen-bond donors (Lipinski definition) is 0. The van der Waals surface area contributed by atoms with Gasteiger partial charge in [0, 0.05) is 5.56 Å². The van der Waals surface area contributed by atoms with Crippen molar-refractivity contribution in [3.05, 3.63) is 46.0 Å². The predicted octanol–water partition coefficient (Wildman–Crippen LogP) is 5.26. The number of allylic oxidation sites excluding steroid dienone is 1. The molecule has 0 aliphatic carbocycles. The Labute approximate surface area is 145 Å². The Hall–Kier alpha value is -1.75. The third-order valence-corrected chi connectivity index (χ3v) is 3.67. The van der Waals surface area contributed by atoms with Crippen LogP contribution in [-0.2, 0) is 9.53 Å². The van der Waals surface area contributed by atoms with Crippen LogP contribution in [0.15, 0.2) is 23.8 Å². The SMILES string of the molecule is CCCCC=C(C(=O)OCCCC)C(=O)c1cc(F)c(F)cc1Cl. The monoisotopic (exact) mass is 358 g/mol. The highest BCUT2D eigenvalue weighted by atomic mass is 35.5. The Bertz CT molecular complexity index is 627. The molecule has 0 unspecified atom stereocenters. The van der Waals surface area contributed by atoms with Gasteiger partial charge >= 0.3 is 5.97 Å². The maximum atomic E-state index is 13.4. The van der Waals surface area contributed by atoms with Gasteiger partial charge in [-0.1, -0.05) is 50.8 Å². The van der Waals surface area contributed by atoms with E-state index in [0.717, 1.165) is 25.3 Å². The number of carbonyl (C=O) groups excluding carboxylic acids is 2. The molecule has 0 radical (unpaired) electrons. The van der Waals surface area contributed by atoms with E-state index in [2.05, 4.69) is 0 Å². The number of benzene rings is 1. The molecule has 0 aliphatic rings. The number of halogens is 3. The van der Waals surface area contributed by atoms with Crippen molar-refractivity contribution in [3.63, 3.8) is 0 Å². The lowest BCUT2D eigenvalue weighted by Crippen LogP contribution is -2.17. The van der Waals surface area contributed by atoms with Crippen LogP contribution < -0.4 is 0 Å². The van der Waals surface area contributed by atoms with Crippen LogP contribution in [0.3, 0.4) is 0 Å². The van der Waals surface area contributed by atoms with Crippen molar-refractivity contribution >= 4 is 23.4 Å². The molecular formula is C18H21ClF2O3. The van der Waals surface area contributed by atoms with Gasteiger partial charge in [-0.05, 0) is 25.0 Å². The number of ketones is 1. The summed E-state index contributed by atoms with van der Waals surface area (Å²) in [7, 11) is 0. The average molecular weight is 359 g/mol. The van der Waals surface area contributed by atoms with Crippen LogP contribution in [0, 0.1) is 11.6 Å². The van der Waals surface area contributed by atoms with Crippen molar-refractivity contribution in [1.29, 1.82) is 0 Å². The molecule has 1 aromatic carbocycles. The van der Waals surface area contributed by atoms with Gasteiger partial charge in [0.1, 0.15) is 5.57 Å². The van der Waals surface area contributed by atoms with Gasteiger partial charge in [0.2, 0.25) is 5.78 Å².